The van der Waals surface area contributed by atoms with Crippen molar-refractivity contribution in [3.05, 3.63) is 0 Å². The van der Waals surface area contributed by atoms with Gasteiger partial charge in [-0.05, 0) is 31.2 Å². The first-order valence-corrected chi connectivity index (χ1v) is 7.18. The number of nitrogens with two attached hydrogens (primary N) is 1. The Labute approximate surface area is 116 Å². The van der Waals surface area contributed by atoms with Gasteiger partial charge in [0.1, 0.15) is 5.92 Å². The number of rotatable bonds is 3. The summed E-state index contributed by atoms with van der Waals surface area (Å²) in [4.78, 5) is 1.82. The summed E-state index contributed by atoms with van der Waals surface area (Å²) in [6.07, 6.45) is 1.24. The Morgan fingerprint density at radius 3 is 2.50 bits per heavy atom. The van der Waals surface area contributed by atoms with E-state index >= 15 is 0 Å². The smallest absolute Gasteiger partial charge is 0.400 e. The van der Waals surface area contributed by atoms with Crippen LogP contribution in [0.2, 0.25) is 0 Å². The average molecular weight is 293 g/mol. The minimum absolute atomic E-state index is 0.206. The lowest BCUT2D eigenvalue weighted by molar-refractivity contribution is -0.161. The number of alkyl halides is 3. The van der Waals surface area contributed by atoms with Crippen LogP contribution < -0.4 is 5.73 Å². The second-order valence-electron chi connectivity index (χ2n) is 5.97. The van der Waals surface area contributed by atoms with Crippen molar-refractivity contribution in [3.63, 3.8) is 0 Å². The molecule has 0 aromatic rings. The molecule has 1 aliphatic carbocycles. The summed E-state index contributed by atoms with van der Waals surface area (Å²) in [5.74, 6) is -1.44. The van der Waals surface area contributed by atoms with Gasteiger partial charge in [-0.3, -0.25) is 0 Å². The van der Waals surface area contributed by atoms with Gasteiger partial charge in [-0.2, -0.15) is 13.2 Å². The van der Waals surface area contributed by atoms with Crippen LogP contribution in [0.25, 0.3) is 0 Å². The SMILES string of the molecule is NC(=NO)C(CN1CCC2CCCCC2C1)C(F)(F)F. The fourth-order valence-corrected chi connectivity index (χ4v) is 3.53. The molecular formula is C13H22F3N3O. The molecule has 3 unspecified atom stereocenters. The standard InChI is InChI=1S/C13H22F3N3O/c14-13(15,16)11(12(17)18-20)8-19-6-5-9-3-1-2-4-10(9)7-19/h9-11,20H,1-8H2,(H2,17,18). The molecule has 0 aromatic heterocycles. The number of nitrogens with zero attached hydrogens (tertiary/aromatic N) is 2. The van der Waals surface area contributed by atoms with E-state index in [1.54, 1.807) is 0 Å². The van der Waals surface area contributed by atoms with Gasteiger partial charge in [-0.15, -0.1) is 0 Å². The largest absolute Gasteiger partial charge is 0.409 e. The van der Waals surface area contributed by atoms with Crippen LogP contribution in [0.1, 0.15) is 32.1 Å². The Kier molecular flexibility index (Phi) is 4.78. The van der Waals surface area contributed by atoms with Crippen molar-refractivity contribution in [3.8, 4) is 0 Å². The maximum Gasteiger partial charge on any atom is 0.400 e. The van der Waals surface area contributed by atoms with Crippen molar-refractivity contribution in [2.24, 2.45) is 28.6 Å². The molecule has 2 rings (SSSR count). The molecule has 3 atom stereocenters. The number of oxime groups is 1. The number of piperidine rings is 1. The summed E-state index contributed by atoms with van der Waals surface area (Å²) in [6.45, 7) is 1.17. The van der Waals surface area contributed by atoms with E-state index in [9.17, 15) is 13.2 Å². The molecule has 4 nitrogen and oxygen atoms in total. The highest BCUT2D eigenvalue weighted by molar-refractivity contribution is 5.83. The van der Waals surface area contributed by atoms with E-state index in [-0.39, 0.29) is 6.54 Å². The zero-order valence-corrected chi connectivity index (χ0v) is 11.4. The molecular weight excluding hydrogens is 271 g/mol. The first-order valence-electron chi connectivity index (χ1n) is 7.18. The topological polar surface area (TPSA) is 61.9 Å². The predicted molar refractivity (Wildman–Crippen MR) is 69.5 cm³/mol. The van der Waals surface area contributed by atoms with Crippen LogP contribution in [0.5, 0.6) is 0 Å². The van der Waals surface area contributed by atoms with E-state index in [4.69, 9.17) is 10.9 Å². The number of hydrogen-bond acceptors (Lipinski definition) is 3. The Balaban J connectivity index is 1.97. The minimum Gasteiger partial charge on any atom is -0.409 e. The van der Waals surface area contributed by atoms with Crippen molar-refractivity contribution in [1.29, 1.82) is 0 Å². The quantitative estimate of drug-likeness (QED) is 0.363. The fraction of sp³-hybridized carbons (Fsp3) is 0.923. The third-order valence-corrected chi connectivity index (χ3v) is 4.68. The summed E-state index contributed by atoms with van der Waals surface area (Å²) in [7, 11) is 0. The van der Waals surface area contributed by atoms with E-state index in [2.05, 4.69) is 5.16 Å². The van der Waals surface area contributed by atoms with Crippen LogP contribution in [0, 0.1) is 17.8 Å². The highest BCUT2D eigenvalue weighted by Gasteiger charge is 2.44. The second kappa shape index (κ2) is 6.20. The fourth-order valence-electron chi connectivity index (χ4n) is 3.53. The Morgan fingerprint density at radius 2 is 1.90 bits per heavy atom. The normalized spacial score (nSPS) is 30.9. The molecule has 7 heteroatoms. The van der Waals surface area contributed by atoms with Crippen LogP contribution in [-0.4, -0.2) is 41.8 Å². The van der Waals surface area contributed by atoms with Crippen molar-refractivity contribution >= 4 is 5.84 Å². The van der Waals surface area contributed by atoms with Gasteiger partial charge in [0.15, 0.2) is 5.84 Å². The van der Waals surface area contributed by atoms with Gasteiger partial charge in [0, 0.05) is 13.1 Å². The van der Waals surface area contributed by atoms with Gasteiger partial charge in [-0.25, -0.2) is 0 Å². The molecule has 3 N–H and O–H groups in total. The molecule has 0 aromatic carbocycles. The van der Waals surface area contributed by atoms with E-state index < -0.39 is 17.9 Å². The number of likely N-dealkylation sites (tertiary alicyclic amines) is 1. The molecule has 20 heavy (non-hydrogen) atoms. The molecule has 116 valence electrons. The average Bonchev–Trinajstić information content (AvgIpc) is 2.42. The molecule has 1 saturated heterocycles. The molecule has 2 aliphatic rings. The van der Waals surface area contributed by atoms with Crippen LogP contribution >= 0.6 is 0 Å². The molecule has 1 aliphatic heterocycles. The summed E-state index contributed by atoms with van der Waals surface area (Å²) < 4.78 is 38.8. The van der Waals surface area contributed by atoms with Crippen LogP contribution in [0.4, 0.5) is 13.2 Å². The number of hydrogen-bond donors (Lipinski definition) is 2. The van der Waals surface area contributed by atoms with Crippen molar-refractivity contribution in [1.82, 2.24) is 4.90 Å². The lowest BCUT2D eigenvalue weighted by atomic mass is 9.75. The molecule has 0 bridgehead atoms. The summed E-state index contributed by atoms with van der Waals surface area (Å²) in [5, 5.41) is 11.1. The summed E-state index contributed by atoms with van der Waals surface area (Å²) in [6, 6.07) is 0. The first kappa shape index (κ1) is 15.4. The predicted octanol–water partition coefficient (Wildman–Crippen LogP) is 2.42. The third kappa shape index (κ3) is 3.56. The number of fused-ring (bicyclic) bond motifs is 1. The maximum absolute atomic E-state index is 12.9. The molecule has 2 fully saturated rings. The monoisotopic (exact) mass is 293 g/mol. The van der Waals surface area contributed by atoms with Crippen LogP contribution in [0.3, 0.4) is 0 Å². The number of amidine groups is 1. The molecule has 0 spiro atoms. The Bertz CT molecular complexity index is 359. The lowest BCUT2D eigenvalue weighted by Crippen LogP contribution is -2.49. The van der Waals surface area contributed by atoms with E-state index in [0.29, 0.717) is 24.9 Å². The van der Waals surface area contributed by atoms with Gasteiger partial charge in [0.25, 0.3) is 0 Å². The summed E-state index contributed by atoms with van der Waals surface area (Å²) >= 11 is 0. The summed E-state index contributed by atoms with van der Waals surface area (Å²) in [5.41, 5.74) is 5.21. The minimum atomic E-state index is -4.47. The molecule has 1 saturated carbocycles. The number of halogens is 3. The van der Waals surface area contributed by atoms with Gasteiger partial charge in [0.05, 0.1) is 0 Å². The molecule has 0 amide bonds. The van der Waals surface area contributed by atoms with E-state index in [0.717, 1.165) is 12.8 Å². The van der Waals surface area contributed by atoms with Gasteiger partial charge >= 0.3 is 6.18 Å². The van der Waals surface area contributed by atoms with Gasteiger partial charge < -0.3 is 15.8 Å². The second-order valence-corrected chi connectivity index (χ2v) is 5.97. The van der Waals surface area contributed by atoms with Crippen LogP contribution in [-0.2, 0) is 0 Å². The van der Waals surface area contributed by atoms with Crippen molar-refractivity contribution < 1.29 is 18.4 Å². The first-order chi connectivity index (χ1) is 9.41. The maximum atomic E-state index is 12.9. The van der Waals surface area contributed by atoms with Gasteiger partial charge in [0.2, 0.25) is 0 Å². The molecule has 0 radical (unpaired) electrons. The van der Waals surface area contributed by atoms with Gasteiger partial charge in [-0.1, -0.05) is 24.4 Å². The Hall–Kier alpha value is -0.980. The van der Waals surface area contributed by atoms with Crippen molar-refractivity contribution in [2.45, 2.75) is 38.3 Å². The van der Waals surface area contributed by atoms with E-state index in [1.165, 1.54) is 19.3 Å². The molecule has 1 heterocycles. The Morgan fingerprint density at radius 1 is 1.25 bits per heavy atom. The zero-order valence-electron chi connectivity index (χ0n) is 11.4. The van der Waals surface area contributed by atoms with Crippen molar-refractivity contribution in [2.75, 3.05) is 19.6 Å². The third-order valence-electron chi connectivity index (χ3n) is 4.68. The highest BCUT2D eigenvalue weighted by atomic mass is 19.4. The zero-order chi connectivity index (χ0) is 14.8. The van der Waals surface area contributed by atoms with E-state index in [1.807, 2.05) is 4.90 Å². The lowest BCUT2D eigenvalue weighted by Gasteiger charge is -2.42. The van der Waals surface area contributed by atoms with Crippen LogP contribution in [0.15, 0.2) is 5.16 Å². The highest BCUT2D eigenvalue weighted by Crippen LogP contribution is 2.37.